The third kappa shape index (κ3) is 4.47. The number of hydrogen-bond acceptors (Lipinski definition) is 8. The summed E-state index contributed by atoms with van der Waals surface area (Å²) in [6.45, 7) is 3.51. The number of pyridine rings is 1. The molecule has 0 spiro atoms. The Morgan fingerprint density at radius 1 is 1.17 bits per heavy atom. The molecule has 1 saturated heterocycles. The first-order chi connectivity index (χ1) is 16.4. The molecule has 5 N–H and O–H groups in total. The molecule has 3 heterocycles. The summed E-state index contributed by atoms with van der Waals surface area (Å²) in [4.78, 5) is 11.9. The first-order valence-corrected chi connectivity index (χ1v) is 10.7. The van der Waals surface area contributed by atoms with E-state index in [0.717, 1.165) is 19.9 Å². The van der Waals surface area contributed by atoms with E-state index in [4.69, 9.17) is 20.9 Å². The molecule has 0 bridgehead atoms. The summed E-state index contributed by atoms with van der Waals surface area (Å²) in [5.41, 5.74) is 6.79. The predicted molar refractivity (Wildman–Crippen MR) is 119 cm³/mol. The van der Waals surface area contributed by atoms with Crippen LogP contribution in [0.2, 0.25) is 0 Å². The average Bonchev–Trinajstić information content (AvgIpc) is 2.75. The number of nitrogens with one attached hydrogen (secondary N) is 1. The molecule has 1 aliphatic rings. The fraction of sp³-hybridized carbons (Fsp3) is 0.409. The van der Waals surface area contributed by atoms with Crippen molar-refractivity contribution in [1.29, 1.82) is 0 Å². The second kappa shape index (κ2) is 8.95. The Morgan fingerprint density at radius 2 is 1.86 bits per heavy atom. The Kier molecular flexibility index (Phi) is 6.30. The number of halogens is 5. The van der Waals surface area contributed by atoms with Gasteiger partial charge in [-0.05, 0) is 44.9 Å². The molecule has 0 amide bonds. The number of alkyl halides is 3. The summed E-state index contributed by atoms with van der Waals surface area (Å²) in [6, 6.07) is 0.575. The molecule has 188 valence electrons. The Morgan fingerprint density at radius 3 is 2.43 bits per heavy atom. The minimum atomic E-state index is -5.04. The van der Waals surface area contributed by atoms with Gasteiger partial charge in [0.1, 0.15) is 28.2 Å². The molecule has 2 atom stereocenters. The van der Waals surface area contributed by atoms with E-state index in [1.807, 2.05) is 0 Å². The van der Waals surface area contributed by atoms with Gasteiger partial charge in [0.2, 0.25) is 5.88 Å². The maximum absolute atomic E-state index is 15.7. The van der Waals surface area contributed by atoms with Crippen LogP contribution in [0.4, 0.5) is 33.5 Å². The Balaban J connectivity index is 2.00. The van der Waals surface area contributed by atoms with Gasteiger partial charge in [-0.1, -0.05) is 0 Å². The largest absolute Gasteiger partial charge is 0.474 e. The van der Waals surface area contributed by atoms with Crippen molar-refractivity contribution in [3.63, 3.8) is 0 Å². The fourth-order valence-corrected chi connectivity index (χ4v) is 4.06. The number of benzene rings is 1. The topological polar surface area (TPSA) is 121 Å². The van der Waals surface area contributed by atoms with Crippen LogP contribution < -0.4 is 26.3 Å². The zero-order valence-electron chi connectivity index (χ0n) is 19.1. The maximum atomic E-state index is 15.7. The summed E-state index contributed by atoms with van der Waals surface area (Å²) in [5.74, 6) is -3.01. The second-order valence-electron chi connectivity index (χ2n) is 8.33. The van der Waals surface area contributed by atoms with E-state index in [1.165, 1.54) is 7.11 Å². The van der Waals surface area contributed by atoms with Crippen LogP contribution in [-0.2, 0) is 6.18 Å². The van der Waals surface area contributed by atoms with Crippen molar-refractivity contribution in [2.24, 2.45) is 0 Å². The molecule has 13 heteroatoms. The lowest BCUT2D eigenvalue weighted by molar-refractivity contribution is -0.137. The van der Waals surface area contributed by atoms with Gasteiger partial charge in [-0.25, -0.2) is 13.8 Å². The molecule has 1 fully saturated rings. The number of nitrogens with zero attached hydrogens (tertiary/aromatic N) is 3. The zero-order chi connectivity index (χ0) is 25.7. The van der Waals surface area contributed by atoms with Gasteiger partial charge in [-0.15, -0.1) is 0 Å². The highest BCUT2D eigenvalue weighted by molar-refractivity contribution is 5.96. The lowest BCUT2D eigenvalue weighted by Gasteiger charge is -2.30. The number of fused-ring (bicyclic) bond motifs is 1. The minimum absolute atomic E-state index is 0.124. The smallest absolute Gasteiger partial charge is 0.417 e. The molecule has 8 nitrogen and oxygen atoms in total. The molecule has 4 rings (SSSR count). The quantitative estimate of drug-likeness (QED) is 0.345. The van der Waals surface area contributed by atoms with Crippen LogP contribution in [0.5, 0.6) is 11.9 Å². The van der Waals surface area contributed by atoms with Gasteiger partial charge in [-0.2, -0.15) is 23.1 Å². The van der Waals surface area contributed by atoms with Crippen LogP contribution in [-0.4, -0.2) is 40.8 Å². The van der Waals surface area contributed by atoms with Crippen molar-refractivity contribution in [1.82, 2.24) is 20.3 Å². The average molecular weight is 498 g/mol. The van der Waals surface area contributed by atoms with E-state index in [-0.39, 0.29) is 29.1 Å². The zero-order valence-corrected chi connectivity index (χ0v) is 19.1. The lowest BCUT2D eigenvalue weighted by atomic mass is 9.96. The molecule has 0 radical (unpaired) electrons. The molecule has 1 aromatic carbocycles. The van der Waals surface area contributed by atoms with Crippen molar-refractivity contribution in [3.05, 3.63) is 28.8 Å². The normalized spacial score (nSPS) is 16.7. The number of aromatic nitrogens is 3. The Bertz CT molecular complexity index is 1300. The molecular formula is C22H23F5N6O2. The molecular weight excluding hydrogens is 475 g/mol. The number of ether oxygens (including phenoxy) is 2. The third-order valence-corrected chi connectivity index (χ3v) is 5.86. The molecule has 3 aromatic rings. The predicted octanol–water partition coefficient (Wildman–Crippen LogP) is 3.99. The van der Waals surface area contributed by atoms with E-state index in [2.05, 4.69) is 20.3 Å². The van der Waals surface area contributed by atoms with Gasteiger partial charge in [0.15, 0.2) is 5.82 Å². The monoisotopic (exact) mass is 498 g/mol. The highest BCUT2D eigenvalue weighted by Gasteiger charge is 2.39. The maximum Gasteiger partial charge on any atom is 0.417 e. The summed E-state index contributed by atoms with van der Waals surface area (Å²) in [5, 5.41) is 3.09. The number of anilines is 2. The van der Waals surface area contributed by atoms with E-state index in [0.29, 0.717) is 12.5 Å². The van der Waals surface area contributed by atoms with Crippen LogP contribution in [0.3, 0.4) is 0 Å². The van der Waals surface area contributed by atoms with Crippen molar-refractivity contribution in [3.8, 4) is 23.1 Å². The van der Waals surface area contributed by atoms with E-state index in [1.54, 1.807) is 6.92 Å². The van der Waals surface area contributed by atoms with Crippen LogP contribution in [0.1, 0.15) is 30.9 Å². The van der Waals surface area contributed by atoms with E-state index in [9.17, 15) is 17.6 Å². The number of hydrogen-bond donors (Lipinski definition) is 3. The van der Waals surface area contributed by atoms with Gasteiger partial charge < -0.3 is 26.3 Å². The molecule has 1 aliphatic heterocycles. The minimum Gasteiger partial charge on any atom is -0.474 e. The van der Waals surface area contributed by atoms with E-state index < -0.39 is 57.5 Å². The molecule has 2 unspecified atom stereocenters. The Labute approximate surface area is 196 Å². The summed E-state index contributed by atoms with van der Waals surface area (Å²) < 4.78 is 82.8. The van der Waals surface area contributed by atoms with Gasteiger partial charge in [0.25, 0.3) is 0 Å². The Hall–Kier alpha value is -3.48. The lowest BCUT2D eigenvalue weighted by Crippen LogP contribution is -2.45. The molecule has 35 heavy (non-hydrogen) atoms. The number of nitrogen functional groups attached to an aromatic ring is 2. The number of rotatable bonds is 6. The van der Waals surface area contributed by atoms with Crippen molar-refractivity contribution in [2.75, 3.05) is 25.1 Å². The number of methoxy groups -OCH3 is 1. The fourth-order valence-electron chi connectivity index (χ4n) is 4.06. The SMILES string of the molecule is COc1nc(N)c2c(OC(C)CC3CCN3)nc(-c3cc(N)c(F)c(C)c3C(F)(F)F)c(F)c2n1. The van der Waals surface area contributed by atoms with Crippen LogP contribution in [0.25, 0.3) is 22.2 Å². The van der Waals surface area contributed by atoms with Gasteiger partial charge in [-0.3, -0.25) is 0 Å². The highest BCUT2D eigenvalue weighted by Crippen LogP contribution is 2.44. The standard InChI is InChI=1S/C22H23F5N6O2/c1-8(6-10-4-5-30-10)35-20-13-18(32-21(34-3)33-19(13)29)16(24)17(31-20)11-7-12(28)15(23)9(2)14(11)22(25,26)27/h7-8,10,30H,4-6,28H2,1-3H3,(H2,29,32,33). The first kappa shape index (κ1) is 24.6. The second-order valence-corrected chi connectivity index (χ2v) is 8.33. The molecule has 2 aromatic heterocycles. The van der Waals surface area contributed by atoms with Crippen LogP contribution in [0.15, 0.2) is 6.07 Å². The van der Waals surface area contributed by atoms with Gasteiger partial charge >= 0.3 is 12.2 Å². The van der Waals surface area contributed by atoms with Crippen LogP contribution in [0, 0.1) is 18.6 Å². The molecule has 0 aliphatic carbocycles. The van der Waals surface area contributed by atoms with Gasteiger partial charge in [0, 0.05) is 11.6 Å². The van der Waals surface area contributed by atoms with Crippen molar-refractivity contribution < 1.29 is 31.4 Å². The summed E-state index contributed by atoms with van der Waals surface area (Å²) >= 11 is 0. The summed E-state index contributed by atoms with van der Waals surface area (Å²) in [6.07, 6.45) is -4.01. The number of nitrogens with two attached hydrogens (primary N) is 2. The summed E-state index contributed by atoms with van der Waals surface area (Å²) in [7, 11) is 1.22. The van der Waals surface area contributed by atoms with Gasteiger partial charge in [0.05, 0.1) is 24.5 Å². The first-order valence-electron chi connectivity index (χ1n) is 10.7. The van der Waals surface area contributed by atoms with E-state index >= 15 is 4.39 Å². The third-order valence-electron chi connectivity index (χ3n) is 5.86. The van der Waals surface area contributed by atoms with Crippen molar-refractivity contribution in [2.45, 2.75) is 45.0 Å². The molecule has 0 saturated carbocycles. The van der Waals surface area contributed by atoms with Crippen molar-refractivity contribution >= 4 is 22.4 Å². The highest BCUT2D eigenvalue weighted by atomic mass is 19.4. The van der Waals surface area contributed by atoms with Crippen LogP contribution >= 0.6 is 0 Å².